The minimum atomic E-state index is -0.855. The van der Waals surface area contributed by atoms with Crippen LogP contribution in [0.4, 0.5) is 10.1 Å². The molecular formula is C11H7ClFN3O3. The highest BCUT2D eigenvalue weighted by atomic mass is 35.5. The summed E-state index contributed by atoms with van der Waals surface area (Å²) in [4.78, 5) is 17.4. The summed E-state index contributed by atoms with van der Waals surface area (Å²) in [7, 11) is 0. The molecule has 19 heavy (non-hydrogen) atoms. The lowest BCUT2D eigenvalue weighted by Crippen LogP contribution is -1.97. The molecule has 1 aromatic carbocycles. The van der Waals surface area contributed by atoms with Gasteiger partial charge < -0.3 is 4.74 Å². The first kappa shape index (κ1) is 13.2. The van der Waals surface area contributed by atoms with Crippen molar-refractivity contribution in [3.05, 3.63) is 51.2 Å². The third-order valence-electron chi connectivity index (χ3n) is 2.27. The van der Waals surface area contributed by atoms with E-state index in [9.17, 15) is 14.5 Å². The summed E-state index contributed by atoms with van der Waals surface area (Å²) in [5.41, 5.74) is -0.0351. The van der Waals surface area contributed by atoms with Gasteiger partial charge in [0.15, 0.2) is 11.6 Å². The second-order valence-corrected chi connectivity index (χ2v) is 3.99. The highest BCUT2D eigenvalue weighted by molar-refractivity contribution is 6.29. The van der Waals surface area contributed by atoms with Crippen LogP contribution in [0.2, 0.25) is 5.15 Å². The van der Waals surface area contributed by atoms with Gasteiger partial charge in [-0.15, -0.1) is 0 Å². The van der Waals surface area contributed by atoms with Crippen LogP contribution in [0.5, 0.6) is 11.6 Å². The van der Waals surface area contributed by atoms with Crippen LogP contribution >= 0.6 is 11.6 Å². The summed E-state index contributed by atoms with van der Waals surface area (Å²) in [6.45, 7) is 1.48. The number of hydrogen-bond donors (Lipinski definition) is 0. The molecule has 0 aliphatic rings. The zero-order valence-corrected chi connectivity index (χ0v) is 10.4. The molecule has 0 atom stereocenters. The third-order valence-corrected chi connectivity index (χ3v) is 2.48. The maximum absolute atomic E-state index is 13.7. The van der Waals surface area contributed by atoms with Gasteiger partial charge in [-0.2, -0.15) is 0 Å². The fourth-order valence-corrected chi connectivity index (χ4v) is 1.54. The highest BCUT2D eigenvalue weighted by Crippen LogP contribution is 2.30. The molecule has 1 heterocycles. The Morgan fingerprint density at radius 1 is 1.37 bits per heavy atom. The van der Waals surface area contributed by atoms with Crippen LogP contribution in [-0.4, -0.2) is 14.9 Å². The van der Waals surface area contributed by atoms with Gasteiger partial charge in [-0.25, -0.2) is 14.4 Å². The summed E-state index contributed by atoms with van der Waals surface area (Å²) < 4.78 is 18.8. The Morgan fingerprint density at radius 2 is 2.11 bits per heavy atom. The van der Waals surface area contributed by atoms with Crippen LogP contribution in [0, 0.1) is 22.9 Å². The van der Waals surface area contributed by atoms with Crippen molar-refractivity contribution < 1.29 is 14.1 Å². The lowest BCUT2D eigenvalue weighted by atomic mass is 10.2. The third kappa shape index (κ3) is 2.94. The largest absolute Gasteiger partial charge is 0.436 e. The molecule has 2 aromatic rings. The van der Waals surface area contributed by atoms with Crippen molar-refractivity contribution in [1.29, 1.82) is 0 Å². The Labute approximate surface area is 112 Å². The van der Waals surface area contributed by atoms with Crippen molar-refractivity contribution in [2.75, 3.05) is 0 Å². The van der Waals surface area contributed by atoms with Gasteiger partial charge in [-0.1, -0.05) is 11.6 Å². The van der Waals surface area contributed by atoms with E-state index in [-0.39, 0.29) is 28.0 Å². The minimum absolute atomic E-state index is 0.0483. The van der Waals surface area contributed by atoms with Crippen molar-refractivity contribution in [3.63, 3.8) is 0 Å². The Morgan fingerprint density at radius 3 is 2.74 bits per heavy atom. The molecule has 6 nitrogen and oxygen atoms in total. The first-order valence-electron chi connectivity index (χ1n) is 5.07. The summed E-state index contributed by atoms with van der Waals surface area (Å²) in [6, 6.07) is 3.33. The fraction of sp³-hybridized carbons (Fsp3) is 0.0909. The number of aromatic nitrogens is 2. The van der Waals surface area contributed by atoms with Crippen molar-refractivity contribution >= 4 is 17.3 Å². The second-order valence-electron chi connectivity index (χ2n) is 3.61. The molecule has 8 heteroatoms. The number of hydrogen-bond acceptors (Lipinski definition) is 5. The van der Waals surface area contributed by atoms with Crippen LogP contribution in [-0.2, 0) is 0 Å². The number of nitrogens with zero attached hydrogens (tertiary/aromatic N) is 3. The highest BCUT2D eigenvalue weighted by Gasteiger charge is 2.17. The molecule has 0 N–H and O–H groups in total. The number of halogens is 2. The first-order valence-corrected chi connectivity index (χ1v) is 5.45. The monoisotopic (exact) mass is 283 g/mol. The van der Waals surface area contributed by atoms with Gasteiger partial charge in [0.1, 0.15) is 11.5 Å². The van der Waals surface area contributed by atoms with E-state index in [1.165, 1.54) is 19.1 Å². The molecule has 98 valence electrons. The quantitative estimate of drug-likeness (QED) is 0.491. The number of rotatable bonds is 3. The molecule has 0 fully saturated rings. The first-order chi connectivity index (χ1) is 8.97. The van der Waals surface area contributed by atoms with E-state index < -0.39 is 10.7 Å². The summed E-state index contributed by atoms with van der Waals surface area (Å²) >= 11 is 5.63. The van der Waals surface area contributed by atoms with E-state index in [1.807, 2.05) is 0 Å². The Balaban J connectivity index is 2.36. The number of benzene rings is 1. The summed E-state index contributed by atoms with van der Waals surface area (Å²) in [5, 5.41) is 10.8. The van der Waals surface area contributed by atoms with Gasteiger partial charge in [0.25, 0.3) is 5.69 Å². The van der Waals surface area contributed by atoms with E-state index in [4.69, 9.17) is 16.3 Å². The molecule has 0 saturated heterocycles. The second kappa shape index (κ2) is 5.15. The van der Waals surface area contributed by atoms with Gasteiger partial charge in [-0.05, 0) is 13.0 Å². The van der Waals surface area contributed by atoms with Crippen LogP contribution < -0.4 is 4.74 Å². The maximum Gasteiger partial charge on any atom is 0.275 e. The van der Waals surface area contributed by atoms with Gasteiger partial charge in [-0.3, -0.25) is 10.1 Å². The van der Waals surface area contributed by atoms with Crippen LogP contribution in [0.25, 0.3) is 0 Å². The minimum Gasteiger partial charge on any atom is -0.436 e. The molecule has 0 aliphatic heterocycles. The normalized spacial score (nSPS) is 10.3. The zero-order valence-electron chi connectivity index (χ0n) is 9.63. The van der Waals surface area contributed by atoms with E-state index in [0.717, 1.165) is 12.4 Å². The van der Waals surface area contributed by atoms with Gasteiger partial charge >= 0.3 is 0 Å². The molecule has 0 radical (unpaired) electrons. The van der Waals surface area contributed by atoms with E-state index >= 15 is 0 Å². The summed E-state index contributed by atoms with van der Waals surface area (Å²) in [6.07, 6.45) is 1.16. The predicted molar refractivity (Wildman–Crippen MR) is 64.9 cm³/mol. The molecule has 0 saturated carbocycles. The lowest BCUT2D eigenvalue weighted by molar-refractivity contribution is -0.385. The standard InChI is InChI=1S/C11H7ClFN3O3/c1-6-2-9(7(13)3-8(6)16(17)18)19-11-4-10(12)14-5-15-11/h2-5H,1H3. The molecular weight excluding hydrogens is 277 g/mol. The number of nitro groups is 1. The van der Waals surface area contributed by atoms with Crippen LogP contribution in [0.1, 0.15) is 5.56 Å². The summed E-state index contributed by atoms with van der Waals surface area (Å²) in [5.74, 6) is -0.975. The topological polar surface area (TPSA) is 78.2 Å². The zero-order chi connectivity index (χ0) is 14.0. The average Bonchev–Trinajstić information content (AvgIpc) is 2.33. The Kier molecular flexibility index (Phi) is 3.57. The van der Waals surface area contributed by atoms with Crippen molar-refractivity contribution in [1.82, 2.24) is 9.97 Å². The maximum atomic E-state index is 13.7. The molecule has 0 amide bonds. The van der Waals surface area contributed by atoms with Crippen molar-refractivity contribution in [2.45, 2.75) is 6.92 Å². The molecule has 0 aliphatic carbocycles. The predicted octanol–water partition coefficient (Wildman–Crippen LogP) is 3.28. The molecule has 0 bridgehead atoms. The number of nitro benzene ring substituents is 1. The van der Waals surface area contributed by atoms with Gasteiger partial charge in [0.05, 0.1) is 11.0 Å². The van der Waals surface area contributed by atoms with E-state index in [2.05, 4.69) is 9.97 Å². The van der Waals surface area contributed by atoms with Crippen molar-refractivity contribution in [2.24, 2.45) is 0 Å². The number of ether oxygens (including phenoxy) is 1. The molecule has 2 rings (SSSR count). The van der Waals surface area contributed by atoms with Crippen LogP contribution in [0.3, 0.4) is 0 Å². The molecule has 1 aromatic heterocycles. The number of aryl methyl sites for hydroxylation is 1. The Hall–Kier alpha value is -2.28. The Bertz CT molecular complexity index is 651. The van der Waals surface area contributed by atoms with Gasteiger partial charge in [0.2, 0.25) is 5.88 Å². The smallest absolute Gasteiger partial charge is 0.275 e. The van der Waals surface area contributed by atoms with E-state index in [1.54, 1.807) is 0 Å². The SMILES string of the molecule is Cc1cc(Oc2cc(Cl)ncn2)c(F)cc1[N+](=O)[O-]. The van der Waals surface area contributed by atoms with Crippen molar-refractivity contribution in [3.8, 4) is 11.6 Å². The molecule has 0 unspecified atom stereocenters. The van der Waals surface area contributed by atoms with Gasteiger partial charge in [0, 0.05) is 11.6 Å². The lowest BCUT2D eigenvalue weighted by Gasteiger charge is -2.07. The average molecular weight is 284 g/mol. The van der Waals surface area contributed by atoms with E-state index in [0.29, 0.717) is 0 Å². The molecule has 0 spiro atoms. The van der Waals surface area contributed by atoms with Crippen LogP contribution in [0.15, 0.2) is 24.5 Å². The fourth-order valence-electron chi connectivity index (χ4n) is 1.41.